The van der Waals surface area contributed by atoms with Gasteiger partial charge >= 0.3 is 0 Å². The van der Waals surface area contributed by atoms with E-state index in [1.54, 1.807) is 55.6 Å². The maximum absolute atomic E-state index is 13.8. The van der Waals surface area contributed by atoms with Gasteiger partial charge in [0.2, 0.25) is 0 Å². The molecule has 0 spiro atoms. The molecule has 1 aliphatic heterocycles. The monoisotopic (exact) mass is 442 g/mol. The standard InChI is InChI=1S/C27H26N2O4/c1-4-28(20-10-7-6-8-11-20)25-24(19-14-16-22(32-3)17-15-19)26(30)29(27(25)31)21-12-9-13-23(18-21)33-5-2/h6-18H,4-5H2,1-3H3. The Morgan fingerprint density at radius 3 is 2.18 bits per heavy atom. The second-order valence-electron chi connectivity index (χ2n) is 7.41. The Kier molecular flexibility index (Phi) is 6.45. The Hall–Kier alpha value is -4.06. The van der Waals surface area contributed by atoms with Gasteiger partial charge in [0.25, 0.3) is 11.8 Å². The molecule has 0 fully saturated rings. The van der Waals surface area contributed by atoms with Crippen LogP contribution in [-0.2, 0) is 9.59 Å². The molecule has 0 atom stereocenters. The van der Waals surface area contributed by atoms with Crippen LogP contribution in [0.4, 0.5) is 11.4 Å². The van der Waals surface area contributed by atoms with Gasteiger partial charge in [0, 0.05) is 18.3 Å². The van der Waals surface area contributed by atoms with Crippen molar-refractivity contribution >= 4 is 28.8 Å². The SMILES string of the molecule is CCOc1cccc(N2C(=O)C(c3ccc(OC)cc3)=C(N(CC)c3ccccc3)C2=O)c1. The fraction of sp³-hybridized carbons (Fsp3) is 0.185. The molecule has 33 heavy (non-hydrogen) atoms. The predicted molar refractivity (Wildman–Crippen MR) is 129 cm³/mol. The molecule has 6 nitrogen and oxygen atoms in total. The van der Waals surface area contributed by atoms with Gasteiger partial charge in [-0.1, -0.05) is 36.4 Å². The zero-order valence-corrected chi connectivity index (χ0v) is 18.9. The van der Waals surface area contributed by atoms with Crippen molar-refractivity contribution in [2.75, 3.05) is 30.1 Å². The summed E-state index contributed by atoms with van der Waals surface area (Å²) in [6.45, 7) is 4.86. The van der Waals surface area contributed by atoms with Gasteiger partial charge in [0.1, 0.15) is 17.2 Å². The molecule has 0 N–H and O–H groups in total. The third kappa shape index (κ3) is 4.20. The number of imide groups is 1. The molecule has 0 bridgehead atoms. The molecule has 1 aliphatic rings. The van der Waals surface area contributed by atoms with Crippen LogP contribution in [0, 0.1) is 0 Å². The van der Waals surface area contributed by atoms with Gasteiger partial charge in [-0.2, -0.15) is 0 Å². The summed E-state index contributed by atoms with van der Waals surface area (Å²) < 4.78 is 10.9. The molecule has 1 heterocycles. The summed E-state index contributed by atoms with van der Waals surface area (Å²) in [6.07, 6.45) is 0. The normalized spacial score (nSPS) is 13.5. The lowest BCUT2D eigenvalue weighted by molar-refractivity contribution is -0.120. The smallest absolute Gasteiger partial charge is 0.282 e. The van der Waals surface area contributed by atoms with Crippen molar-refractivity contribution in [2.45, 2.75) is 13.8 Å². The minimum Gasteiger partial charge on any atom is -0.497 e. The second kappa shape index (κ2) is 9.61. The van der Waals surface area contributed by atoms with Crippen molar-refractivity contribution in [1.29, 1.82) is 0 Å². The Balaban J connectivity index is 1.86. The first-order valence-corrected chi connectivity index (χ1v) is 10.9. The van der Waals surface area contributed by atoms with Crippen LogP contribution in [0.5, 0.6) is 11.5 Å². The molecule has 0 radical (unpaired) electrons. The summed E-state index contributed by atoms with van der Waals surface area (Å²) in [6, 6.07) is 23.8. The van der Waals surface area contributed by atoms with Crippen molar-refractivity contribution in [1.82, 2.24) is 0 Å². The largest absolute Gasteiger partial charge is 0.497 e. The zero-order valence-electron chi connectivity index (χ0n) is 18.9. The number of anilines is 2. The molecule has 2 amide bonds. The first kappa shape index (κ1) is 22.1. The summed E-state index contributed by atoms with van der Waals surface area (Å²) in [5, 5.41) is 0. The number of nitrogens with zero attached hydrogens (tertiary/aromatic N) is 2. The molecule has 3 aromatic carbocycles. The van der Waals surface area contributed by atoms with E-state index in [4.69, 9.17) is 9.47 Å². The molecule has 3 aromatic rings. The third-order valence-corrected chi connectivity index (χ3v) is 5.48. The third-order valence-electron chi connectivity index (χ3n) is 5.48. The van der Waals surface area contributed by atoms with Gasteiger partial charge in [-0.05, 0) is 55.8 Å². The minimum absolute atomic E-state index is 0.348. The van der Waals surface area contributed by atoms with Gasteiger partial charge in [0.05, 0.1) is 25.0 Å². The van der Waals surface area contributed by atoms with Crippen LogP contribution < -0.4 is 19.3 Å². The number of likely N-dealkylation sites (N-methyl/N-ethyl adjacent to an activating group) is 1. The highest BCUT2D eigenvalue weighted by Crippen LogP contribution is 2.37. The number of ether oxygens (including phenoxy) is 2. The lowest BCUT2D eigenvalue weighted by atomic mass is 10.0. The van der Waals surface area contributed by atoms with Crippen LogP contribution >= 0.6 is 0 Å². The van der Waals surface area contributed by atoms with Gasteiger partial charge in [-0.25, -0.2) is 4.90 Å². The molecule has 0 saturated carbocycles. The molecule has 4 rings (SSSR count). The summed E-state index contributed by atoms with van der Waals surface area (Å²) >= 11 is 0. The maximum Gasteiger partial charge on any atom is 0.282 e. The van der Waals surface area contributed by atoms with Gasteiger partial charge < -0.3 is 14.4 Å². The highest BCUT2D eigenvalue weighted by Gasteiger charge is 2.42. The van der Waals surface area contributed by atoms with E-state index >= 15 is 0 Å². The Labute approximate surface area is 193 Å². The van der Waals surface area contributed by atoms with E-state index in [0.29, 0.717) is 47.2 Å². The first-order chi connectivity index (χ1) is 16.1. The number of hydrogen-bond donors (Lipinski definition) is 0. The van der Waals surface area contributed by atoms with E-state index in [9.17, 15) is 9.59 Å². The van der Waals surface area contributed by atoms with E-state index in [2.05, 4.69) is 0 Å². The van der Waals surface area contributed by atoms with Crippen LogP contribution in [0.25, 0.3) is 5.57 Å². The van der Waals surface area contributed by atoms with Crippen molar-refractivity contribution in [3.05, 3.63) is 90.1 Å². The number of methoxy groups -OCH3 is 1. The summed E-state index contributed by atoms with van der Waals surface area (Å²) in [7, 11) is 1.59. The molecular weight excluding hydrogens is 416 g/mol. The number of rotatable bonds is 8. The van der Waals surface area contributed by atoms with Crippen LogP contribution in [0.2, 0.25) is 0 Å². The highest BCUT2D eigenvalue weighted by molar-refractivity contribution is 6.46. The average molecular weight is 443 g/mol. The number of carbonyl (C=O) groups is 2. The topological polar surface area (TPSA) is 59.1 Å². The van der Waals surface area contributed by atoms with Crippen molar-refractivity contribution < 1.29 is 19.1 Å². The highest BCUT2D eigenvalue weighted by atomic mass is 16.5. The Morgan fingerprint density at radius 1 is 0.818 bits per heavy atom. The molecule has 0 aromatic heterocycles. The van der Waals surface area contributed by atoms with Crippen LogP contribution in [0.3, 0.4) is 0 Å². The lowest BCUT2D eigenvalue weighted by Gasteiger charge is -2.25. The number of amides is 2. The van der Waals surface area contributed by atoms with Crippen LogP contribution in [0.1, 0.15) is 19.4 Å². The fourth-order valence-electron chi connectivity index (χ4n) is 3.98. The van der Waals surface area contributed by atoms with Crippen molar-refractivity contribution in [3.63, 3.8) is 0 Å². The molecule has 0 aliphatic carbocycles. The molecule has 168 valence electrons. The van der Waals surface area contributed by atoms with E-state index in [-0.39, 0.29) is 11.8 Å². The van der Waals surface area contributed by atoms with E-state index in [0.717, 1.165) is 5.69 Å². The van der Waals surface area contributed by atoms with Gasteiger partial charge in [-0.15, -0.1) is 0 Å². The Bertz CT molecular complexity index is 1190. The van der Waals surface area contributed by atoms with Crippen LogP contribution in [0.15, 0.2) is 84.6 Å². The number of hydrogen-bond acceptors (Lipinski definition) is 5. The van der Waals surface area contributed by atoms with E-state index in [1.807, 2.05) is 49.1 Å². The Morgan fingerprint density at radius 2 is 1.55 bits per heavy atom. The van der Waals surface area contributed by atoms with Crippen LogP contribution in [-0.4, -0.2) is 32.1 Å². The number of benzene rings is 3. The fourth-order valence-corrected chi connectivity index (χ4v) is 3.98. The van der Waals surface area contributed by atoms with Gasteiger partial charge in [0.15, 0.2) is 0 Å². The first-order valence-electron chi connectivity index (χ1n) is 10.9. The summed E-state index contributed by atoms with van der Waals surface area (Å²) in [4.78, 5) is 30.7. The molecule has 6 heteroatoms. The molecule has 0 unspecified atom stereocenters. The van der Waals surface area contributed by atoms with Gasteiger partial charge in [-0.3, -0.25) is 9.59 Å². The summed E-state index contributed by atoms with van der Waals surface area (Å²) in [5.74, 6) is 0.535. The quantitative estimate of drug-likeness (QED) is 0.464. The molecular formula is C27H26N2O4. The predicted octanol–water partition coefficient (Wildman–Crippen LogP) is 4.90. The minimum atomic E-state index is -0.372. The van der Waals surface area contributed by atoms with Crippen molar-refractivity contribution in [2.24, 2.45) is 0 Å². The van der Waals surface area contributed by atoms with Crippen molar-refractivity contribution in [3.8, 4) is 11.5 Å². The molecule has 0 saturated heterocycles. The maximum atomic E-state index is 13.8. The number of para-hydroxylation sites is 1. The second-order valence-corrected chi connectivity index (χ2v) is 7.41. The lowest BCUT2D eigenvalue weighted by Crippen LogP contribution is -2.35. The van der Waals surface area contributed by atoms with E-state index < -0.39 is 0 Å². The number of carbonyl (C=O) groups excluding carboxylic acids is 2. The zero-order chi connectivity index (χ0) is 23.4. The average Bonchev–Trinajstić information content (AvgIpc) is 3.10. The summed E-state index contributed by atoms with van der Waals surface area (Å²) in [5.41, 5.74) is 2.67. The van der Waals surface area contributed by atoms with E-state index in [1.165, 1.54) is 4.90 Å².